The van der Waals surface area contributed by atoms with Crippen LogP contribution in [0.15, 0.2) is 34.2 Å². The number of imidazole rings is 1. The molecule has 0 saturated carbocycles. The highest BCUT2D eigenvalue weighted by atomic mass is 35.5. The van der Waals surface area contributed by atoms with E-state index in [0.717, 1.165) is 15.6 Å². The summed E-state index contributed by atoms with van der Waals surface area (Å²) in [4.78, 5) is 16.4. The molecule has 0 fully saturated rings. The van der Waals surface area contributed by atoms with Gasteiger partial charge >= 0.3 is 6.09 Å². The lowest BCUT2D eigenvalue weighted by molar-refractivity contribution is 0.146. The molecule has 2 rings (SSSR count). The molecule has 1 heterocycles. The molecule has 0 spiro atoms. The fourth-order valence-corrected chi connectivity index (χ4v) is 3.39. The number of amides is 1. The van der Waals surface area contributed by atoms with Gasteiger partial charge in [-0.05, 0) is 24.1 Å². The summed E-state index contributed by atoms with van der Waals surface area (Å²) in [5, 5.41) is 1.69. The third-order valence-corrected chi connectivity index (χ3v) is 4.46. The highest BCUT2D eigenvalue weighted by Gasteiger charge is 2.19. The molecule has 1 aromatic carbocycles. The highest BCUT2D eigenvalue weighted by Crippen LogP contribution is 2.35. The lowest BCUT2D eigenvalue weighted by atomic mass is 10.2. The molecule has 2 aromatic rings. The van der Waals surface area contributed by atoms with Gasteiger partial charge in [0.05, 0.1) is 5.69 Å². The third-order valence-electron chi connectivity index (χ3n) is 3.06. The van der Waals surface area contributed by atoms with Crippen molar-refractivity contribution >= 4 is 29.5 Å². The molecule has 0 aliphatic carbocycles. The maximum atomic E-state index is 10.8. The van der Waals surface area contributed by atoms with Gasteiger partial charge in [0.25, 0.3) is 0 Å². The number of carbonyl (C=O) groups excluding carboxylic acids is 1. The molecule has 2 N–H and O–H groups in total. The first-order valence-electron chi connectivity index (χ1n) is 6.79. The number of aromatic nitrogens is 2. The van der Waals surface area contributed by atoms with Gasteiger partial charge in [0, 0.05) is 17.0 Å². The Bertz CT molecular complexity index is 685. The Labute approximate surface area is 138 Å². The van der Waals surface area contributed by atoms with E-state index in [1.807, 2.05) is 35.9 Å². The number of rotatable bonds is 5. The molecule has 0 bridgehead atoms. The molecule has 1 aromatic heterocycles. The largest absolute Gasteiger partial charge is 0.442 e. The maximum absolute atomic E-state index is 10.8. The molecule has 5 nitrogen and oxygen atoms in total. The number of halogens is 1. The van der Waals surface area contributed by atoms with Crippen LogP contribution in [0.1, 0.15) is 31.3 Å². The number of hydrogen-bond donors (Lipinski definition) is 1. The molecule has 7 heteroatoms. The van der Waals surface area contributed by atoms with Crippen LogP contribution in [0.2, 0.25) is 5.02 Å². The van der Waals surface area contributed by atoms with Crippen LogP contribution >= 0.6 is 23.4 Å². The van der Waals surface area contributed by atoms with Gasteiger partial charge in [0.2, 0.25) is 0 Å². The third kappa shape index (κ3) is 3.96. The van der Waals surface area contributed by atoms with Gasteiger partial charge in [-0.1, -0.05) is 43.3 Å². The molecule has 0 aliphatic heterocycles. The Kier molecular flexibility index (Phi) is 5.37. The summed E-state index contributed by atoms with van der Waals surface area (Å²) in [5.41, 5.74) is 5.97. The summed E-state index contributed by atoms with van der Waals surface area (Å²) < 4.78 is 6.77. The SMILES string of the molecule is CC(C)c1nc(COC(N)=O)n(C)c1Sc1cccc(Cl)c1. The first-order valence-corrected chi connectivity index (χ1v) is 7.99. The van der Waals surface area contributed by atoms with Crippen LogP contribution in [0, 0.1) is 0 Å². The van der Waals surface area contributed by atoms with Crippen molar-refractivity contribution in [1.29, 1.82) is 0 Å². The molecule has 0 atom stereocenters. The standard InChI is InChI=1S/C15H18ClN3O2S/c1-9(2)13-14(22-11-6-4-5-10(16)7-11)19(3)12(18-13)8-21-15(17)20/h4-7,9H,8H2,1-3H3,(H2,17,20). The second-order valence-electron chi connectivity index (χ2n) is 5.10. The average Bonchev–Trinajstić information content (AvgIpc) is 2.74. The van der Waals surface area contributed by atoms with E-state index in [-0.39, 0.29) is 12.5 Å². The fourth-order valence-electron chi connectivity index (χ4n) is 1.95. The van der Waals surface area contributed by atoms with Crippen LogP contribution in [0.4, 0.5) is 4.79 Å². The maximum Gasteiger partial charge on any atom is 0.404 e. The molecular formula is C15H18ClN3O2S. The van der Waals surface area contributed by atoms with Crippen molar-refractivity contribution in [1.82, 2.24) is 9.55 Å². The zero-order chi connectivity index (χ0) is 16.3. The number of primary amides is 1. The topological polar surface area (TPSA) is 70.1 Å². The minimum atomic E-state index is -0.807. The lowest BCUT2D eigenvalue weighted by Crippen LogP contribution is -2.14. The fraction of sp³-hybridized carbons (Fsp3) is 0.333. The number of carbonyl (C=O) groups is 1. The Balaban J connectivity index is 2.34. The van der Waals surface area contributed by atoms with E-state index >= 15 is 0 Å². The lowest BCUT2D eigenvalue weighted by Gasteiger charge is -2.09. The summed E-state index contributed by atoms with van der Waals surface area (Å²) >= 11 is 7.62. The Morgan fingerprint density at radius 1 is 1.50 bits per heavy atom. The van der Waals surface area contributed by atoms with E-state index in [9.17, 15) is 4.79 Å². The zero-order valence-corrected chi connectivity index (χ0v) is 14.2. The summed E-state index contributed by atoms with van der Waals surface area (Å²) in [5.74, 6) is 0.905. The second kappa shape index (κ2) is 7.07. The molecule has 118 valence electrons. The highest BCUT2D eigenvalue weighted by molar-refractivity contribution is 7.99. The van der Waals surface area contributed by atoms with Crippen LogP contribution < -0.4 is 5.73 Å². The number of nitrogens with two attached hydrogens (primary N) is 1. The van der Waals surface area contributed by atoms with Gasteiger partial charge in [0.15, 0.2) is 6.61 Å². The van der Waals surface area contributed by atoms with Crippen LogP contribution in [-0.2, 0) is 18.4 Å². The van der Waals surface area contributed by atoms with Crippen molar-refractivity contribution in [3.05, 3.63) is 40.8 Å². The normalized spacial score (nSPS) is 11.0. The Hall–Kier alpha value is -1.66. The van der Waals surface area contributed by atoms with E-state index in [1.54, 1.807) is 11.8 Å². The monoisotopic (exact) mass is 339 g/mol. The Morgan fingerprint density at radius 3 is 2.82 bits per heavy atom. The van der Waals surface area contributed by atoms with E-state index in [0.29, 0.717) is 10.8 Å². The summed E-state index contributed by atoms with van der Waals surface area (Å²) in [6.45, 7) is 4.20. The smallest absolute Gasteiger partial charge is 0.404 e. The molecular weight excluding hydrogens is 322 g/mol. The zero-order valence-electron chi connectivity index (χ0n) is 12.7. The van der Waals surface area contributed by atoms with Gasteiger partial charge < -0.3 is 15.0 Å². The number of nitrogens with zero attached hydrogens (tertiary/aromatic N) is 2. The van der Waals surface area contributed by atoms with Gasteiger partial charge in [-0.25, -0.2) is 9.78 Å². The van der Waals surface area contributed by atoms with Crippen molar-refractivity contribution in [3.8, 4) is 0 Å². The van der Waals surface area contributed by atoms with Gasteiger partial charge in [0.1, 0.15) is 10.9 Å². The van der Waals surface area contributed by atoms with Crippen LogP contribution in [-0.4, -0.2) is 15.6 Å². The van der Waals surface area contributed by atoms with E-state index in [4.69, 9.17) is 22.1 Å². The molecule has 0 unspecified atom stereocenters. The molecule has 22 heavy (non-hydrogen) atoms. The van der Waals surface area contributed by atoms with Gasteiger partial charge in [-0.3, -0.25) is 0 Å². The first-order chi connectivity index (χ1) is 10.4. The average molecular weight is 340 g/mol. The minimum absolute atomic E-state index is 0.0572. The van der Waals surface area contributed by atoms with E-state index in [1.165, 1.54) is 0 Å². The number of benzene rings is 1. The van der Waals surface area contributed by atoms with Crippen LogP contribution in [0.3, 0.4) is 0 Å². The van der Waals surface area contributed by atoms with Crippen LogP contribution in [0.25, 0.3) is 0 Å². The number of hydrogen-bond acceptors (Lipinski definition) is 4. The van der Waals surface area contributed by atoms with Crippen LogP contribution in [0.5, 0.6) is 0 Å². The van der Waals surface area contributed by atoms with Crippen molar-refractivity contribution in [2.24, 2.45) is 12.8 Å². The number of ether oxygens (including phenoxy) is 1. The summed E-state index contributed by atoms with van der Waals surface area (Å²) in [6, 6.07) is 7.65. The first kappa shape index (κ1) is 16.7. The molecule has 0 saturated heterocycles. The van der Waals surface area contributed by atoms with Gasteiger partial charge in [-0.2, -0.15) is 0 Å². The van der Waals surface area contributed by atoms with E-state index in [2.05, 4.69) is 18.8 Å². The predicted molar refractivity (Wildman–Crippen MR) is 87.2 cm³/mol. The van der Waals surface area contributed by atoms with E-state index < -0.39 is 6.09 Å². The quantitative estimate of drug-likeness (QED) is 0.895. The minimum Gasteiger partial charge on any atom is -0.442 e. The van der Waals surface area contributed by atoms with Crippen molar-refractivity contribution in [3.63, 3.8) is 0 Å². The molecule has 1 amide bonds. The summed E-state index contributed by atoms with van der Waals surface area (Å²) in [7, 11) is 1.89. The Morgan fingerprint density at radius 2 is 2.23 bits per heavy atom. The second-order valence-corrected chi connectivity index (χ2v) is 6.60. The molecule has 0 aliphatic rings. The van der Waals surface area contributed by atoms with Crippen molar-refractivity contribution in [2.45, 2.75) is 36.3 Å². The molecule has 0 radical (unpaired) electrons. The van der Waals surface area contributed by atoms with Gasteiger partial charge in [-0.15, -0.1) is 0 Å². The summed E-state index contributed by atoms with van der Waals surface area (Å²) in [6.07, 6.45) is -0.807. The van der Waals surface area contributed by atoms with Crippen molar-refractivity contribution < 1.29 is 9.53 Å². The predicted octanol–water partition coefficient (Wildman–Crippen LogP) is 3.94. The van der Waals surface area contributed by atoms with Crippen molar-refractivity contribution in [2.75, 3.05) is 0 Å².